The lowest BCUT2D eigenvalue weighted by atomic mass is 10.0. The highest BCUT2D eigenvalue weighted by atomic mass is 16.2. The number of fused-ring (bicyclic) bond motifs is 1. The van der Waals surface area contributed by atoms with Gasteiger partial charge in [-0.25, -0.2) is 0 Å². The summed E-state index contributed by atoms with van der Waals surface area (Å²) in [7, 11) is 0. The Labute approximate surface area is 165 Å². The fourth-order valence-corrected chi connectivity index (χ4v) is 4.04. The van der Waals surface area contributed by atoms with Gasteiger partial charge < -0.3 is 15.5 Å². The predicted molar refractivity (Wildman–Crippen MR) is 110 cm³/mol. The van der Waals surface area contributed by atoms with Crippen molar-refractivity contribution in [2.24, 2.45) is 0 Å². The fourth-order valence-electron chi connectivity index (χ4n) is 4.04. The Bertz CT molecular complexity index is 874. The predicted octanol–water partition coefficient (Wildman–Crippen LogP) is 2.01. The van der Waals surface area contributed by atoms with Crippen molar-refractivity contribution in [3.63, 3.8) is 0 Å². The first kappa shape index (κ1) is 18.5. The number of amides is 2. The number of aryl methyl sites for hydroxylation is 1. The number of nitrogen functional groups attached to an aromatic ring is 1. The van der Waals surface area contributed by atoms with Gasteiger partial charge in [-0.05, 0) is 36.6 Å². The van der Waals surface area contributed by atoms with Gasteiger partial charge >= 0.3 is 0 Å². The summed E-state index contributed by atoms with van der Waals surface area (Å²) < 4.78 is 0. The summed E-state index contributed by atoms with van der Waals surface area (Å²) >= 11 is 0. The normalized spacial score (nSPS) is 17.3. The van der Waals surface area contributed by atoms with E-state index in [9.17, 15) is 9.59 Å². The number of para-hydroxylation sites is 2. The van der Waals surface area contributed by atoms with Crippen LogP contribution >= 0.6 is 0 Å². The Hall–Kier alpha value is -2.86. The van der Waals surface area contributed by atoms with E-state index in [4.69, 9.17) is 5.73 Å². The van der Waals surface area contributed by atoms with Crippen LogP contribution in [0.1, 0.15) is 22.3 Å². The Morgan fingerprint density at radius 1 is 0.893 bits per heavy atom. The van der Waals surface area contributed by atoms with E-state index in [0.29, 0.717) is 44.0 Å². The lowest BCUT2D eigenvalue weighted by Gasteiger charge is -2.36. The minimum absolute atomic E-state index is 0.0333. The molecule has 2 heterocycles. The molecule has 2 aliphatic heterocycles. The lowest BCUT2D eigenvalue weighted by molar-refractivity contribution is -0.120. The van der Waals surface area contributed by atoms with Crippen molar-refractivity contribution >= 4 is 23.2 Å². The number of nitrogens with two attached hydrogens (primary N) is 1. The van der Waals surface area contributed by atoms with E-state index < -0.39 is 0 Å². The molecule has 6 heteroatoms. The molecule has 28 heavy (non-hydrogen) atoms. The number of hydrogen-bond donors (Lipinski definition) is 1. The van der Waals surface area contributed by atoms with Gasteiger partial charge in [-0.2, -0.15) is 0 Å². The van der Waals surface area contributed by atoms with Crippen LogP contribution in [0, 0.1) is 0 Å². The maximum absolute atomic E-state index is 12.9. The molecule has 2 N–H and O–H groups in total. The topological polar surface area (TPSA) is 69.9 Å². The van der Waals surface area contributed by atoms with Gasteiger partial charge in [0.15, 0.2) is 0 Å². The van der Waals surface area contributed by atoms with Crippen molar-refractivity contribution in [1.82, 2.24) is 9.80 Å². The minimum atomic E-state index is -0.0333. The highest BCUT2D eigenvalue weighted by Crippen LogP contribution is 2.27. The van der Waals surface area contributed by atoms with Crippen molar-refractivity contribution in [2.75, 3.05) is 49.9 Å². The summed E-state index contributed by atoms with van der Waals surface area (Å²) in [4.78, 5) is 31.5. The Morgan fingerprint density at radius 3 is 2.39 bits per heavy atom. The van der Waals surface area contributed by atoms with Gasteiger partial charge in [0.1, 0.15) is 0 Å². The lowest BCUT2D eigenvalue weighted by Crippen LogP contribution is -2.52. The molecule has 146 valence electrons. The average Bonchev–Trinajstić information content (AvgIpc) is 2.73. The quantitative estimate of drug-likeness (QED) is 0.830. The summed E-state index contributed by atoms with van der Waals surface area (Å²) in [5.74, 6) is 0.105. The third kappa shape index (κ3) is 3.73. The zero-order chi connectivity index (χ0) is 19.5. The van der Waals surface area contributed by atoms with Crippen LogP contribution in [0.2, 0.25) is 0 Å². The molecule has 0 bridgehead atoms. The van der Waals surface area contributed by atoms with E-state index in [0.717, 1.165) is 25.1 Å². The van der Waals surface area contributed by atoms with Gasteiger partial charge in [-0.3, -0.25) is 14.5 Å². The van der Waals surface area contributed by atoms with Crippen molar-refractivity contribution in [2.45, 2.75) is 12.8 Å². The zero-order valence-electron chi connectivity index (χ0n) is 16.0. The van der Waals surface area contributed by atoms with E-state index in [1.165, 1.54) is 5.56 Å². The first-order chi connectivity index (χ1) is 13.6. The number of rotatable bonds is 3. The molecule has 2 aliphatic rings. The number of anilines is 2. The standard InChI is InChI=1S/C22H26N4O2/c23-19-9-3-2-8-18(19)22(28)25-14-12-24(13-15-25)16-21(27)26-11-5-7-17-6-1-4-10-20(17)26/h1-4,6,8-10H,5,7,11-16,23H2. The Morgan fingerprint density at radius 2 is 1.61 bits per heavy atom. The summed E-state index contributed by atoms with van der Waals surface area (Å²) in [6.45, 7) is 3.78. The number of nitrogens with zero attached hydrogens (tertiary/aromatic N) is 3. The number of carbonyl (C=O) groups excluding carboxylic acids is 2. The molecule has 4 rings (SSSR count). The van der Waals surface area contributed by atoms with Gasteiger partial charge in [-0.15, -0.1) is 0 Å². The van der Waals surface area contributed by atoms with Crippen molar-refractivity contribution in [1.29, 1.82) is 0 Å². The molecule has 1 fully saturated rings. The second-order valence-corrected chi connectivity index (χ2v) is 7.43. The van der Waals surface area contributed by atoms with Crippen LogP contribution in [0.4, 0.5) is 11.4 Å². The second-order valence-electron chi connectivity index (χ2n) is 7.43. The van der Waals surface area contributed by atoms with Gasteiger partial charge in [-0.1, -0.05) is 30.3 Å². The van der Waals surface area contributed by atoms with Crippen molar-refractivity contribution in [3.05, 3.63) is 59.7 Å². The molecule has 0 unspecified atom stereocenters. The third-order valence-corrected chi connectivity index (χ3v) is 5.62. The minimum Gasteiger partial charge on any atom is -0.398 e. The highest BCUT2D eigenvalue weighted by Gasteiger charge is 2.27. The SMILES string of the molecule is Nc1ccccc1C(=O)N1CCN(CC(=O)N2CCCc3ccccc32)CC1. The molecule has 2 aromatic carbocycles. The van der Waals surface area contributed by atoms with Crippen LogP contribution in [0.3, 0.4) is 0 Å². The number of piperazine rings is 1. The molecule has 0 saturated carbocycles. The van der Waals surface area contributed by atoms with E-state index in [1.807, 2.05) is 40.1 Å². The average molecular weight is 378 g/mol. The first-order valence-corrected chi connectivity index (χ1v) is 9.88. The molecule has 2 amide bonds. The summed E-state index contributed by atoms with van der Waals surface area (Å²) in [6.07, 6.45) is 2.03. The summed E-state index contributed by atoms with van der Waals surface area (Å²) in [6, 6.07) is 15.3. The molecule has 0 spiro atoms. The largest absolute Gasteiger partial charge is 0.398 e. The molecular weight excluding hydrogens is 352 g/mol. The van der Waals surface area contributed by atoms with Crippen LogP contribution in [-0.4, -0.2) is 60.9 Å². The molecule has 1 saturated heterocycles. The summed E-state index contributed by atoms with van der Waals surface area (Å²) in [5, 5.41) is 0. The second kappa shape index (κ2) is 8.02. The zero-order valence-corrected chi connectivity index (χ0v) is 16.0. The maximum Gasteiger partial charge on any atom is 0.256 e. The Kier molecular flexibility index (Phi) is 5.30. The molecule has 0 radical (unpaired) electrons. The van der Waals surface area contributed by atoms with E-state index >= 15 is 0 Å². The van der Waals surface area contributed by atoms with Crippen LogP contribution in [0.15, 0.2) is 48.5 Å². The molecule has 0 atom stereocenters. The van der Waals surface area contributed by atoms with Crippen LogP contribution in [-0.2, 0) is 11.2 Å². The van der Waals surface area contributed by atoms with Gasteiger partial charge in [0.05, 0.1) is 12.1 Å². The molecule has 6 nitrogen and oxygen atoms in total. The van der Waals surface area contributed by atoms with Crippen LogP contribution < -0.4 is 10.6 Å². The highest BCUT2D eigenvalue weighted by molar-refractivity contribution is 5.99. The maximum atomic E-state index is 12.9. The molecular formula is C22H26N4O2. The first-order valence-electron chi connectivity index (χ1n) is 9.88. The molecule has 0 aromatic heterocycles. The Balaban J connectivity index is 1.34. The smallest absolute Gasteiger partial charge is 0.256 e. The number of hydrogen-bond acceptors (Lipinski definition) is 4. The monoisotopic (exact) mass is 378 g/mol. The van der Waals surface area contributed by atoms with E-state index in [-0.39, 0.29) is 11.8 Å². The molecule has 2 aromatic rings. The number of carbonyl (C=O) groups is 2. The third-order valence-electron chi connectivity index (χ3n) is 5.62. The molecule has 0 aliphatic carbocycles. The van der Waals surface area contributed by atoms with Crippen LogP contribution in [0.25, 0.3) is 0 Å². The number of benzene rings is 2. The summed E-state index contributed by atoms with van der Waals surface area (Å²) in [5.41, 5.74) is 9.29. The van der Waals surface area contributed by atoms with E-state index in [1.54, 1.807) is 12.1 Å². The van der Waals surface area contributed by atoms with Gasteiger partial charge in [0, 0.05) is 44.1 Å². The fraction of sp³-hybridized carbons (Fsp3) is 0.364. The van der Waals surface area contributed by atoms with Gasteiger partial charge in [0.2, 0.25) is 5.91 Å². The van der Waals surface area contributed by atoms with Crippen molar-refractivity contribution < 1.29 is 9.59 Å². The van der Waals surface area contributed by atoms with Crippen molar-refractivity contribution in [3.8, 4) is 0 Å². The van der Waals surface area contributed by atoms with Crippen LogP contribution in [0.5, 0.6) is 0 Å². The van der Waals surface area contributed by atoms with E-state index in [2.05, 4.69) is 11.0 Å². The van der Waals surface area contributed by atoms with Gasteiger partial charge in [0.25, 0.3) is 5.91 Å².